The van der Waals surface area contributed by atoms with Gasteiger partial charge in [0.05, 0.1) is 12.6 Å². The van der Waals surface area contributed by atoms with E-state index >= 15 is 0 Å². The zero-order chi connectivity index (χ0) is 13.3. The maximum Gasteiger partial charge on any atom is 0.118 e. The van der Waals surface area contributed by atoms with Crippen molar-refractivity contribution in [3.8, 4) is 0 Å². The second-order valence-corrected chi connectivity index (χ2v) is 6.00. The van der Waals surface area contributed by atoms with Gasteiger partial charge in [-0.25, -0.2) is 0 Å². The van der Waals surface area contributed by atoms with Gasteiger partial charge in [0.1, 0.15) is 11.5 Å². The molecule has 0 aromatic carbocycles. The van der Waals surface area contributed by atoms with Crippen LogP contribution in [0.4, 0.5) is 0 Å². The molecule has 2 rings (SSSR count). The number of aliphatic hydroxyl groups excluding tert-OH is 1. The summed E-state index contributed by atoms with van der Waals surface area (Å²) in [6.07, 6.45) is 0.958. The van der Waals surface area contributed by atoms with Crippen molar-refractivity contribution in [2.24, 2.45) is 5.92 Å². The van der Waals surface area contributed by atoms with Gasteiger partial charge in [0.2, 0.25) is 0 Å². The summed E-state index contributed by atoms with van der Waals surface area (Å²) in [7, 11) is 0. The fraction of sp³-hybridized carbons (Fsp3) is 0.733. The molecule has 3 unspecified atom stereocenters. The summed E-state index contributed by atoms with van der Waals surface area (Å²) in [5.41, 5.74) is 0. The first-order chi connectivity index (χ1) is 8.47. The molecule has 0 saturated heterocycles. The second-order valence-electron chi connectivity index (χ2n) is 6.00. The molecule has 1 aromatic rings. The normalized spacial score (nSPS) is 24.8. The summed E-state index contributed by atoms with van der Waals surface area (Å²) in [5.74, 6) is 3.57. The number of aliphatic hydroxyl groups is 1. The Bertz CT molecular complexity index is 384. The molecule has 1 aliphatic carbocycles. The zero-order valence-corrected chi connectivity index (χ0v) is 11.9. The van der Waals surface area contributed by atoms with Crippen LogP contribution in [0.3, 0.4) is 0 Å². The molecule has 0 amide bonds. The van der Waals surface area contributed by atoms with Gasteiger partial charge >= 0.3 is 0 Å². The zero-order valence-electron chi connectivity index (χ0n) is 11.9. The van der Waals surface area contributed by atoms with Gasteiger partial charge in [0.25, 0.3) is 0 Å². The van der Waals surface area contributed by atoms with Crippen molar-refractivity contribution in [2.75, 3.05) is 6.54 Å². The monoisotopic (exact) mass is 251 g/mol. The molecule has 1 saturated carbocycles. The molecule has 3 nitrogen and oxygen atoms in total. The van der Waals surface area contributed by atoms with Gasteiger partial charge in [-0.15, -0.1) is 0 Å². The molecule has 0 aliphatic heterocycles. The molecule has 0 spiro atoms. The Labute approximate surface area is 110 Å². The quantitative estimate of drug-likeness (QED) is 0.844. The van der Waals surface area contributed by atoms with Crippen molar-refractivity contribution in [3.05, 3.63) is 23.7 Å². The predicted octanol–water partition coefficient (Wildman–Crippen LogP) is 2.99. The highest BCUT2D eigenvalue weighted by molar-refractivity contribution is 5.17. The van der Waals surface area contributed by atoms with E-state index in [2.05, 4.69) is 37.8 Å². The standard InChI is InChI=1S/C15H25NO2/c1-10(2)16(8-12(4)17)9-13-5-6-15(18-13)14-7-11(14)3/h5-6,10-12,14,17H,7-9H2,1-4H3. The van der Waals surface area contributed by atoms with Crippen LogP contribution in [-0.4, -0.2) is 28.7 Å². The predicted molar refractivity (Wildman–Crippen MR) is 72.5 cm³/mol. The summed E-state index contributed by atoms with van der Waals surface area (Å²) in [4.78, 5) is 2.24. The molecule has 102 valence electrons. The van der Waals surface area contributed by atoms with Crippen molar-refractivity contribution in [3.63, 3.8) is 0 Å². The lowest BCUT2D eigenvalue weighted by molar-refractivity contribution is 0.0972. The lowest BCUT2D eigenvalue weighted by Gasteiger charge is -2.26. The number of hydrogen-bond acceptors (Lipinski definition) is 3. The number of furan rings is 1. The fourth-order valence-corrected chi connectivity index (χ4v) is 2.39. The first-order valence-corrected chi connectivity index (χ1v) is 6.98. The van der Waals surface area contributed by atoms with Crippen molar-refractivity contribution < 1.29 is 9.52 Å². The Morgan fingerprint density at radius 1 is 1.39 bits per heavy atom. The van der Waals surface area contributed by atoms with E-state index in [1.165, 1.54) is 6.42 Å². The van der Waals surface area contributed by atoms with Crippen LogP contribution in [0.25, 0.3) is 0 Å². The maximum atomic E-state index is 9.52. The van der Waals surface area contributed by atoms with Gasteiger partial charge in [-0.2, -0.15) is 0 Å². The summed E-state index contributed by atoms with van der Waals surface area (Å²) >= 11 is 0. The molecule has 1 fully saturated rings. The van der Waals surface area contributed by atoms with Crippen LogP contribution < -0.4 is 0 Å². The summed E-state index contributed by atoms with van der Waals surface area (Å²) in [6, 6.07) is 4.61. The van der Waals surface area contributed by atoms with E-state index < -0.39 is 0 Å². The van der Waals surface area contributed by atoms with E-state index in [1.54, 1.807) is 0 Å². The Hall–Kier alpha value is -0.800. The molecule has 18 heavy (non-hydrogen) atoms. The van der Waals surface area contributed by atoms with Crippen LogP contribution in [0.5, 0.6) is 0 Å². The molecule has 3 atom stereocenters. The minimum absolute atomic E-state index is 0.301. The molecule has 0 bridgehead atoms. The molecule has 1 heterocycles. The second kappa shape index (κ2) is 5.45. The Morgan fingerprint density at radius 2 is 2.06 bits per heavy atom. The molecular formula is C15H25NO2. The third kappa shape index (κ3) is 3.36. The average Bonchev–Trinajstić information content (AvgIpc) is 2.83. The third-order valence-electron chi connectivity index (χ3n) is 3.75. The highest BCUT2D eigenvalue weighted by Gasteiger charge is 2.36. The van der Waals surface area contributed by atoms with E-state index in [4.69, 9.17) is 4.42 Å². The van der Waals surface area contributed by atoms with Crippen LogP contribution >= 0.6 is 0 Å². The first kappa shape index (κ1) is 13.6. The highest BCUT2D eigenvalue weighted by Crippen LogP contribution is 2.47. The van der Waals surface area contributed by atoms with Crippen molar-refractivity contribution in [1.82, 2.24) is 4.90 Å². The van der Waals surface area contributed by atoms with Crippen molar-refractivity contribution in [1.29, 1.82) is 0 Å². The minimum Gasteiger partial charge on any atom is -0.464 e. The largest absolute Gasteiger partial charge is 0.464 e. The van der Waals surface area contributed by atoms with Gasteiger partial charge in [-0.1, -0.05) is 6.92 Å². The van der Waals surface area contributed by atoms with Gasteiger partial charge in [-0.3, -0.25) is 4.90 Å². The smallest absolute Gasteiger partial charge is 0.118 e. The van der Waals surface area contributed by atoms with Gasteiger partial charge in [-0.05, 0) is 45.2 Å². The van der Waals surface area contributed by atoms with E-state index in [9.17, 15) is 5.11 Å². The molecule has 1 N–H and O–H groups in total. The van der Waals surface area contributed by atoms with E-state index in [0.29, 0.717) is 18.5 Å². The SMILES string of the molecule is CC(O)CN(Cc1ccc(C2CC2C)o1)C(C)C. The van der Waals surface area contributed by atoms with E-state index in [1.807, 2.05) is 6.92 Å². The first-order valence-electron chi connectivity index (χ1n) is 6.98. The van der Waals surface area contributed by atoms with E-state index in [-0.39, 0.29) is 6.10 Å². The molecule has 3 heteroatoms. The van der Waals surface area contributed by atoms with Crippen LogP contribution in [-0.2, 0) is 6.54 Å². The number of rotatable bonds is 6. The third-order valence-corrected chi connectivity index (χ3v) is 3.75. The van der Waals surface area contributed by atoms with Crippen LogP contribution in [0.2, 0.25) is 0 Å². The Kier molecular flexibility index (Phi) is 4.13. The molecular weight excluding hydrogens is 226 g/mol. The molecule has 0 radical (unpaired) electrons. The molecule has 1 aromatic heterocycles. The summed E-state index contributed by atoms with van der Waals surface area (Å²) in [6.45, 7) is 9.86. The van der Waals surface area contributed by atoms with Crippen LogP contribution in [0.15, 0.2) is 16.5 Å². The number of nitrogens with zero attached hydrogens (tertiary/aromatic N) is 1. The van der Waals surface area contributed by atoms with E-state index in [0.717, 1.165) is 24.0 Å². The van der Waals surface area contributed by atoms with Crippen molar-refractivity contribution in [2.45, 2.75) is 58.7 Å². The lowest BCUT2D eigenvalue weighted by Crippen LogP contribution is -2.35. The maximum absolute atomic E-state index is 9.52. The Balaban J connectivity index is 1.96. The van der Waals surface area contributed by atoms with Crippen LogP contribution in [0.1, 0.15) is 51.6 Å². The minimum atomic E-state index is -0.301. The molecule has 1 aliphatic rings. The van der Waals surface area contributed by atoms with Gasteiger partial charge in [0.15, 0.2) is 0 Å². The van der Waals surface area contributed by atoms with Gasteiger partial charge in [0, 0.05) is 18.5 Å². The number of hydrogen-bond donors (Lipinski definition) is 1. The van der Waals surface area contributed by atoms with Crippen molar-refractivity contribution >= 4 is 0 Å². The van der Waals surface area contributed by atoms with Gasteiger partial charge < -0.3 is 9.52 Å². The lowest BCUT2D eigenvalue weighted by atomic mass is 10.2. The summed E-state index contributed by atoms with van der Waals surface area (Å²) in [5, 5.41) is 9.52. The Morgan fingerprint density at radius 3 is 2.56 bits per heavy atom. The average molecular weight is 251 g/mol. The highest BCUT2D eigenvalue weighted by atomic mass is 16.3. The summed E-state index contributed by atoms with van der Waals surface area (Å²) < 4.78 is 5.92. The fourth-order valence-electron chi connectivity index (χ4n) is 2.39. The topological polar surface area (TPSA) is 36.6 Å². The van der Waals surface area contributed by atoms with Crippen LogP contribution in [0, 0.1) is 5.92 Å².